The Labute approximate surface area is 107 Å². The fourth-order valence-electron chi connectivity index (χ4n) is 1.09. The minimum atomic E-state index is -0.0722. The minimum Gasteiger partial charge on any atom is -0.343 e. The molecule has 1 aromatic heterocycles. The van der Waals surface area contributed by atoms with Crippen molar-refractivity contribution in [2.45, 2.75) is 25.8 Å². The van der Waals surface area contributed by atoms with Gasteiger partial charge in [0.25, 0.3) is 0 Å². The van der Waals surface area contributed by atoms with Gasteiger partial charge in [-0.1, -0.05) is 27.4 Å². The molecule has 0 aliphatic carbocycles. The standard InChI is InChI=1S/C13H18N2OS/c1-9(13(2,3)4)14-12-10(8-16)6-7-11(15-12)17-5/h6-8H,1H2,2-5H3,(H,14,15). The molecule has 4 heteroatoms. The summed E-state index contributed by atoms with van der Waals surface area (Å²) in [5.74, 6) is 0.576. The van der Waals surface area contributed by atoms with Gasteiger partial charge >= 0.3 is 0 Å². The Morgan fingerprint density at radius 1 is 1.47 bits per heavy atom. The lowest BCUT2D eigenvalue weighted by Gasteiger charge is -2.23. The lowest BCUT2D eigenvalue weighted by molar-refractivity contribution is 0.112. The number of carbonyl (C=O) groups excluding carboxylic acids is 1. The lowest BCUT2D eigenvalue weighted by Crippen LogP contribution is -2.17. The van der Waals surface area contributed by atoms with Gasteiger partial charge in [-0.3, -0.25) is 4.79 Å². The number of hydrogen-bond donors (Lipinski definition) is 1. The van der Waals surface area contributed by atoms with E-state index in [9.17, 15) is 4.79 Å². The Kier molecular flexibility index (Phi) is 4.34. The van der Waals surface area contributed by atoms with E-state index in [0.29, 0.717) is 11.4 Å². The summed E-state index contributed by atoms with van der Waals surface area (Å²) >= 11 is 1.54. The number of nitrogens with one attached hydrogen (secondary N) is 1. The van der Waals surface area contributed by atoms with Gasteiger partial charge in [-0.2, -0.15) is 0 Å². The summed E-state index contributed by atoms with van der Waals surface area (Å²) in [7, 11) is 0. The topological polar surface area (TPSA) is 42.0 Å². The van der Waals surface area contributed by atoms with E-state index < -0.39 is 0 Å². The minimum absolute atomic E-state index is 0.0722. The molecule has 0 aromatic carbocycles. The Hall–Kier alpha value is -1.29. The third kappa shape index (κ3) is 3.60. The highest BCUT2D eigenvalue weighted by Crippen LogP contribution is 2.26. The predicted molar refractivity (Wildman–Crippen MR) is 73.6 cm³/mol. The van der Waals surface area contributed by atoms with Gasteiger partial charge in [0.2, 0.25) is 0 Å². The summed E-state index contributed by atoms with van der Waals surface area (Å²) in [5, 5.41) is 4.00. The van der Waals surface area contributed by atoms with Gasteiger partial charge in [-0.25, -0.2) is 4.98 Å². The number of carbonyl (C=O) groups is 1. The number of anilines is 1. The number of pyridine rings is 1. The summed E-state index contributed by atoms with van der Waals surface area (Å²) in [5.41, 5.74) is 1.32. The Morgan fingerprint density at radius 3 is 2.59 bits per heavy atom. The second kappa shape index (κ2) is 5.36. The summed E-state index contributed by atoms with van der Waals surface area (Å²) in [6.45, 7) is 10.1. The fraction of sp³-hybridized carbons (Fsp3) is 0.385. The highest BCUT2D eigenvalue weighted by atomic mass is 32.2. The summed E-state index contributed by atoms with van der Waals surface area (Å²) < 4.78 is 0. The van der Waals surface area contributed by atoms with Crippen LogP contribution < -0.4 is 5.32 Å². The van der Waals surface area contributed by atoms with Crippen molar-refractivity contribution in [1.82, 2.24) is 4.98 Å². The van der Waals surface area contributed by atoms with Crippen LogP contribution in [0, 0.1) is 5.41 Å². The molecule has 1 rings (SSSR count). The Morgan fingerprint density at radius 2 is 2.12 bits per heavy atom. The van der Waals surface area contributed by atoms with E-state index in [1.165, 1.54) is 0 Å². The van der Waals surface area contributed by atoms with Crippen LogP contribution >= 0.6 is 11.8 Å². The van der Waals surface area contributed by atoms with E-state index in [0.717, 1.165) is 17.0 Å². The molecule has 0 spiro atoms. The van der Waals surface area contributed by atoms with Gasteiger partial charge in [0.15, 0.2) is 6.29 Å². The Bertz CT molecular complexity index is 436. The molecule has 17 heavy (non-hydrogen) atoms. The molecule has 0 radical (unpaired) electrons. The van der Waals surface area contributed by atoms with E-state index in [2.05, 4.69) is 37.7 Å². The molecule has 0 atom stereocenters. The number of aldehydes is 1. The molecule has 0 amide bonds. The van der Waals surface area contributed by atoms with Crippen LogP contribution in [0.2, 0.25) is 0 Å². The number of nitrogens with zero attached hydrogens (tertiary/aromatic N) is 1. The molecule has 0 aliphatic heterocycles. The molecule has 1 aromatic rings. The van der Waals surface area contributed by atoms with Crippen LogP contribution in [0.25, 0.3) is 0 Å². The third-order valence-electron chi connectivity index (χ3n) is 2.41. The molecule has 0 aliphatic rings. The number of rotatable bonds is 4. The van der Waals surface area contributed by atoms with Gasteiger partial charge < -0.3 is 5.32 Å². The monoisotopic (exact) mass is 250 g/mol. The van der Waals surface area contributed by atoms with Crippen molar-refractivity contribution in [2.24, 2.45) is 5.41 Å². The lowest BCUT2D eigenvalue weighted by atomic mass is 9.93. The van der Waals surface area contributed by atoms with Crippen LogP contribution in [0.5, 0.6) is 0 Å². The summed E-state index contributed by atoms with van der Waals surface area (Å²) in [6, 6.07) is 3.60. The molecule has 92 valence electrons. The van der Waals surface area contributed by atoms with Crippen molar-refractivity contribution >= 4 is 23.9 Å². The molecule has 0 bridgehead atoms. The quantitative estimate of drug-likeness (QED) is 0.655. The van der Waals surface area contributed by atoms with Gasteiger partial charge in [0.1, 0.15) is 5.82 Å². The zero-order chi connectivity index (χ0) is 13.1. The van der Waals surface area contributed by atoms with Crippen molar-refractivity contribution in [3.05, 3.63) is 30.0 Å². The van der Waals surface area contributed by atoms with E-state index in [4.69, 9.17) is 0 Å². The molecule has 0 fully saturated rings. The first kappa shape index (κ1) is 13.8. The van der Waals surface area contributed by atoms with E-state index in [-0.39, 0.29) is 5.41 Å². The van der Waals surface area contributed by atoms with E-state index >= 15 is 0 Å². The molecule has 0 unspecified atom stereocenters. The highest BCUT2D eigenvalue weighted by molar-refractivity contribution is 7.98. The maximum absolute atomic E-state index is 10.9. The number of aromatic nitrogens is 1. The van der Waals surface area contributed by atoms with Gasteiger partial charge in [0.05, 0.1) is 10.6 Å². The van der Waals surface area contributed by atoms with Gasteiger partial charge in [-0.05, 0) is 18.4 Å². The summed E-state index contributed by atoms with van der Waals surface area (Å²) in [4.78, 5) is 15.3. The van der Waals surface area contributed by atoms with Crippen molar-refractivity contribution in [3.63, 3.8) is 0 Å². The Balaban J connectivity index is 3.03. The van der Waals surface area contributed by atoms with E-state index in [1.807, 2.05) is 12.3 Å². The molecule has 3 nitrogen and oxygen atoms in total. The highest BCUT2D eigenvalue weighted by Gasteiger charge is 2.16. The normalized spacial score (nSPS) is 11.1. The average Bonchev–Trinajstić information content (AvgIpc) is 2.27. The van der Waals surface area contributed by atoms with Crippen LogP contribution in [0.15, 0.2) is 29.4 Å². The molecule has 0 saturated carbocycles. The second-order valence-corrected chi connectivity index (χ2v) is 5.59. The van der Waals surface area contributed by atoms with Gasteiger partial charge in [-0.15, -0.1) is 11.8 Å². The predicted octanol–water partition coefficient (Wildman–Crippen LogP) is 3.59. The smallest absolute Gasteiger partial charge is 0.153 e. The average molecular weight is 250 g/mol. The van der Waals surface area contributed by atoms with Crippen LogP contribution in [0.4, 0.5) is 5.82 Å². The SMILES string of the molecule is C=C(Nc1nc(SC)ccc1C=O)C(C)(C)C. The molecular formula is C13H18N2OS. The molecular weight excluding hydrogens is 232 g/mol. The second-order valence-electron chi connectivity index (χ2n) is 4.76. The fourth-order valence-corrected chi connectivity index (χ4v) is 1.48. The summed E-state index contributed by atoms with van der Waals surface area (Å²) in [6.07, 6.45) is 2.75. The molecule has 1 N–H and O–H groups in total. The van der Waals surface area contributed by atoms with E-state index in [1.54, 1.807) is 17.8 Å². The van der Waals surface area contributed by atoms with Crippen molar-refractivity contribution in [1.29, 1.82) is 0 Å². The zero-order valence-corrected chi connectivity index (χ0v) is 11.5. The molecule has 0 saturated heterocycles. The van der Waals surface area contributed by atoms with Crippen LogP contribution in [0.3, 0.4) is 0 Å². The first-order chi connectivity index (χ1) is 7.88. The van der Waals surface area contributed by atoms with Crippen molar-refractivity contribution < 1.29 is 4.79 Å². The van der Waals surface area contributed by atoms with Crippen LogP contribution in [0.1, 0.15) is 31.1 Å². The molecule has 1 heterocycles. The first-order valence-electron chi connectivity index (χ1n) is 5.35. The van der Waals surface area contributed by atoms with Crippen LogP contribution in [-0.4, -0.2) is 17.5 Å². The van der Waals surface area contributed by atoms with Crippen LogP contribution in [-0.2, 0) is 0 Å². The maximum Gasteiger partial charge on any atom is 0.153 e. The first-order valence-corrected chi connectivity index (χ1v) is 6.57. The third-order valence-corrected chi connectivity index (χ3v) is 3.06. The number of hydrogen-bond acceptors (Lipinski definition) is 4. The zero-order valence-electron chi connectivity index (χ0n) is 10.7. The van der Waals surface area contributed by atoms with Crippen molar-refractivity contribution in [3.8, 4) is 0 Å². The number of allylic oxidation sites excluding steroid dienone is 1. The van der Waals surface area contributed by atoms with Gasteiger partial charge in [0, 0.05) is 11.1 Å². The largest absolute Gasteiger partial charge is 0.343 e. The van der Waals surface area contributed by atoms with Crippen molar-refractivity contribution in [2.75, 3.05) is 11.6 Å². The maximum atomic E-state index is 10.9. The number of thioether (sulfide) groups is 1.